The third-order valence-corrected chi connectivity index (χ3v) is 6.88. The number of anilines is 1. The Labute approximate surface area is 205 Å². The van der Waals surface area contributed by atoms with Crippen molar-refractivity contribution < 1.29 is 14.3 Å². The fraction of sp³-hybridized carbons (Fsp3) is 0.250. The van der Waals surface area contributed by atoms with E-state index >= 15 is 0 Å². The van der Waals surface area contributed by atoms with Crippen molar-refractivity contribution in [3.05, 3.63) is 68.5 Å². The first-order valence-corrected chi connectivity index (χ1v) is 12.1. The molecule has 0 spiro atoms. The molecule has 1 fully saturated rings. The van der Waals surface area contributed by atoms with E-state index in [0.29, 0.717) is 50.8 Å². The van der Waals surface area contributed by atoms with E-state index in [1.807, 2.05) is 38.1 Å². The third kappa shape index (κ3) is 4.14. The SMILES string of the molecule is CCCN1C(=O)/C(=C/c2c(NCc3ccc4c(c3)OCO4)nc3ccc(C)cn3c2=O)SC1=S. The first kappa shape index (κ1) is 22.4. The second kappa shape index (κ2) is 9.11. The number of thioether (sulfide) groups is 1. The molecule has 5 rings (SSSR count). The number of hydrogen-bond acceptors (Lipinski definition) is 8. The number of benzene rings is 1. The molecular formula is C24H22N4O4S2. The van der Waals surface area contributed by atoms with E-state index in [1.165, 1.54) is 16.2 Å². The number of nitrogens with zero attached hydrogens (tertiary/aromatic N) is 3. The zero-order chi connectivity index (χ0) is 23.8. The van der Waals surface area contributed by atoms with Crippen molar-refractivity contribution in [2.24, 2.45) is 0 Å². The number of rotatable bonds is 6. The summed E-state index contributed by atoms with van der Waals surface area (Å²) in [5.74, 6) is 1.59. The minimum atomic E-state index is -0.261. The topological polar surface area (TPSA) is 85.2 Å². The van der Waals surface area contributed by atoms with Crippen molar-refractivity contribution in [1.29, 1.82) is 0 Å². The van der Waals surface area contributed by atoms with Gasteiger partial charge in [-0.05, 0) is 48.7 Å². The average Bonchev–Trinajstić information content (AvgIpc) is 3.40. The zero-order valence-corrected chi connectivity index (χ0v) is 20.3. The van der Waals surface area contributed by atoms with Gasteiger partial charge in [-0.25, -0.2) is 4.98 Å². The lowest BCUT2D eigenvalue weighted by Crippen LogP contribution is -2.28. The number of aryl methyl sites for hydroxylation is 1. The van der Waals surface area contributed by atoms with Crippen LogP contribution >= 0.6 is 24.0 Å². The van der Waals surface area contributed by atoms with Gasteiger partial charge in [-0.2, -0.15) is 0 Å². The second-order valence-corrected chi connectivity index (χ2v) is 9.66. The van der Waals surface area contributed by atoms with Crippen LogP contribution in [-0.4, -0.2) is 37.8 Å². The molecule has 3 aromatic rings. The summed E-state index contributed by atoms with van der Waals surface area (Å²) in [5, 5.41) is 3.27. The van der Waals surface area contributed by atoms with Gasteiger partial charge in [0.25, 0.3) is 11.5 Å². The van der Waals surface area contributed by atoms with Gasteiger partial charge >= 0.3 is 0 Å². The van der Waals surface area contributed by atoms with Crippen LogP contribution in [0.4, 0.5) is 5.82 Å². The quantitative estimate of drug-likeness (QED) is 0.407. The normalized spacial score (nSPS) is 16.2. The molecule has 1 N–H and O–H groups in total. The smallest absolute Gasteiger partial charge is 0.267 e. The summed E-state index contributed by atoms with van der Waals surface area (Å²) < 4.78 is 12.8. The molecule has 10 heteroatoms. The number of carbonyl (C=O) groups is 1. The van der Waals surface area contributed by atoms with Crippen LogP contribution in [0.2, 0.25) is 0 Å². The highest BCUT2D eigenvalue weighted by atomic mass is 32.2. The fourth-order valence-corrected chi connectivity index (χ4v) is 5.10. The van der Waals surface area contributed by atoms with Gasteiger partial charge in [0.2, 0.25) is 6.79 Å². The number of nitrogens with one attached hydrogen (secondary N) is 1. The number of ether oxygens (including phenoxy) is 2. The highest BCUT2D eigenvalue weighted by molar-refractivity contribution is 8.26. The maximum atomic E-state index is 13.5. The van der Waals surface area contributed by atoms with Crippen LogP contribution in [0.5, 0.6) is 11.5 Å². The lowest BCUT2D eigenvalue weighted by molar-refractivity contribution is -0.122. The van der Waals surface area contributed by atoms with Gasteiger partial charge in [-0.1, -0.05) is 43.0 Å². The first-order valence-electron chi connectivity index (χ1n) is 10.9. The van der Waals surface area contributed by atoms with E-state index in [1.54, 1.807) is 23.2 Å². The summed E-state index contributed by atoms with van der Waals surface area (Å²) in [6, 6.07) is 9.37. The Balaban J connectivity index is 1.55. The van der Waals surface area contributed by atoms with Gasteiger partial charge in [0, 0.05) is 19.3 Å². The summed E-state index contributed by atoms with van der Waals surface area (Å²) in [6.45, 7) is 5.05. The number of amides is 1. The van der Waals surface area contributed by atoms with Crippen molar-refractivity contribution in [1.82, 2.24) is 14.3 Å². The van der Waals surface area contributed by atoms with Crippen LogP contribution in [0.1, 0.15) is 30.0 Å². The molecule has 1 aromatic carbocycles. The first-order chi connectivity index (χ1) is 16.4. The second-order valence-electron chi connectivity index (χ2n) is 7.99. The Morgan fingerprint density at radius 2 is 2.03 bits per heavy atom. The van der Waals surface area contributed by atoms with Crippen LogP contribution in [0.25, 0.3) is 11.7 Å². The molecule has 1 amide bonds. The Morgan fingerprint density at radius 3 is 2.85 bits per heavy atom. The number of thiocarbonyl (C=S) groups is 1. The summed E-state index contributed by atoms with van der Waals surface area (Å²) >= 11 is 6.59. The lowest BCUT2D eigenvalue weighted by atomic mass is 10.2. The number of hydrogen-bond donors (Lipinski definition) is 1. The van der Waals surface area contributed by atoms with Crippen molar-refractivity contribution in [3.8, 4) is 11.5 Å². The van der Waals surface area contributed by atoms with Crippen molar-refractivity contribution in [2.75, 3.05) is 18.7 Å². The Kier molecular flexibility index (Phi) is 6.01. The largest absolute Gasteiger partial charge is 0.454 e. The standard InChI is InChI=1S/C24H22N4O4S2/c1-3-8-27-23(30)19(34-24(27)33)10-16-21(26-20-7-4-14(2)12-28(20)22(16)29)25-11-15-5-6-17-18(9-15)32-13-31-17/h4-7,9-10,12,25H,3,8,11,13H2,1-2H3/b19-10-. The number of aromatic nitrogens is 2. The Morgan fingerprint density at radius 1 is 1.21 bits per heavy atom. The fourth-order valence-electron chi connectivity index (χ4n) is 3.81. The Bertz CT molecular complexity index is 1420. The summed E-state index contributed by atoms with van der Waals surface area (Å²) in [4.78, 5) is 33.1. The van der Waals surface area contributed by atoms with Gasteiger partial charge in [0.1, 0.15) is 15.8 Å². The number of pyridine rings is 1. The highest BCUT2D eigenvalue weighted by Crippen LogP contribution is 2.34. The molecular weight excluding hydrogens is 472 g/mol. The molecule has 2 aliphatic rings. The average molecular weight is 495 g/mol. The van der Waals surface area contributed by atoms with Crippen LogP contribution in [0.15, 0.2) is 46.2 Å². The molecule has 1 saturated heterocycles. The highest BCUT2D eigenvalue weighted by Gasteiger charge is 2.32. The maximum Gasteiger partial charge on any atom is 0.267 e. The summed E-state index contributed by atoms with van der Waals surface area (Å²) in [5.41, 5.74) is 2.43. The van der Waals surface area contributed by atoms with Gasteiger partial charge in [0.05, 0.1) is 10.5 Å². The number of carbonyl (C=O) groups excluding carboxylic acids is 1. The molecule has 0 aliphatic carbocycles. The van der Waals surface area contributed by atoms with Gasteiger partial charge in [0.15, 0.2) is 11.5 Å². The van der Waals surface area contributed by atoms with E-state index in [9.17, 15) is 9.59 Å². The van der Waals surface area contributed by atoms with Crippen LogP contribution < -0.4 is 20.3 Å². The van der Waals surface area contributed by atoms with Gasteiger partial charge in [-0.3, -0.25) is 18.9 Å². The predicted molar refractivity (Wildman–Crippen MR) is 136 cm³/mol. The van der Waals surface area contributed by atoms with Crippen molar-refractivity contribution in [2.45, 2.75) is 26.8 Å². The molecule has 8 nitrogen and oxygen atoms in total. The zero-order valence-electron chi connectivity index (χ0n) is 18.7. The number of fused-ring (bicyclic) bond motifs is 2. The lowest BCUT2D eigenvalue weighted by Gasteiger charge is -2.13. The van der Waals surface area contributed by atoms with E-state index in [-0.39, 0.29) is 18.3 Å². The predicted octanol–water partition coefficient (Wildman–Crippen LogP) is 3.95. The van der Waals surface area contributed by atoms with Crippen LogP contribution in [0, 0.1) is 6.92 Å². The van der Waals surface area contributed by atoms with E-state index < -0.39 is 0 Å². The van der Waals surface area contributed by atoms with Crippen molar-refractivity contribution >= 4 is 51.7 Å². The molecule has 0 radical (unpaired) electrons. The molecule has 0 bridgehead atoms. The van der Waals surface area contributed by atoms with Crippen LogP contribution in [-0.2, 0) is 11.3 Å². The summed E-state index contributed by atoms with van der Waals surface area (Å²) in [6.07, 6.45) is 4.13. The third-order valence-electron chi connectivity index (χ3n) is 5.50. The molecule has 2 aliphatic heterocycles. The van der Waals surface area contributed by atoms with E-state index in [2.05, 4.69) is 5.32 Å². The minimum absolute atomic E-state index is 0.188. The van der Waals surface area contributed by atoms with Crippen LogP contribution in [0.3, 0.4) is 0 Å². The molecule has 4 heterocycles. The Hall–Kier alpha value is -3.37. The van der Waals surface area contributed by atoms with Crippen molar-refractivity contribution in [3.63, 3.8) is 0 Å². The van der Waals surface area contributed by atoms with E-state index in [4.69, 9.17) is 26.7 Å². The van der Waals surface area contributed by atoms with E-state index in [0.717, 1.165) is 17.5 Å². The minimum Gasteiger partial charge on any atom is -0.454 e. The van der Waals surface area contributed by atoms with Gasteiger partial charge < -0.3 is 14.8 Å². The molecule has 0 unspecified atom stereocenters. The molecule has 34 heavy (non-hydrogen) atoms. The molecule has 2 aromatic heterocycles. The molecule has 0 saturated carbocycles. The maximum absolute atomic E-state index is 13.5. The monoisotopic (exact) mass is 494 g/mol. The molecule has 0 atom stereocenters. The summed E-state index contributed by atoms with van der Waals surface area (Å²) in [7, 11) is 0. The van der Waals surface area contributed by atoms with Gasteiger partial charge in [-0.15, -0.1) is 0 Å². The molecule has 174 valence electrons.